The van der Waals surface area contributed by atoms with E-state index in [9.17, 15) is 0 Å². The molecule has 1 nitrogen and oxygen atoms in total. The summed E-state index contributed by atoms with van der Waals surface area (Å²) in [4.78, 5) is 1.47. The molecule has 0 bridgehead atoms. The maximum atomic E-state index is 3.64. The second kappa shape index (κ2) is 8.56. The Hall–Kier alpha value is 0.490. The summed E-state index contributed by atoms with van der Waals surface area (Å²) in [5.41, 5.74) is 0. The molecule has 1 unspecified atom stereocenters. The van der Waals surface area contributed by atoms with Gasteiger partial charge in [-0.2, -0.15) is 11.8 Å². The predicted molar refractivity (Wildman–Crippen MR) is 80.8 cm³/mol. The van der Waals surface area contributed by atoms with Crippen molar-refractivity contribution in [1.29, 1.82) is 0 Å². The van der Waals surface area contributed by atoms with Gasteiger partial charge in [0.2, 0.25) is 0 Å². The normalized spacial score (nSPS) is 12.9. The molecule has 1 atom stereocenters. The van der Waals surface area contributed by atoms with Crippen molar-refractivity contribution in [2.45, 2.75) is 32.2 Å². The van der Waals surface area contributed by atoms with Gasteiger partial charge in [-0.3, -0.25) is 0 Å². The largest absolute Gasteiger partial charge is 0.314 e. The van der Waals surface area contributed by atoms with Crippen LogP contribution in [-0.4, -0.2) is 24.6 Å². The lowest BCUT2D eigenvalue weighted by molar-refractivity contribution is 0.500. The van der Waals surface area contributed by atoms with Gasteiger partial charge < -0.3 is 5.32 Å². The summed E-state index contributed by atoms with van der Waals surface area (Å²) in [7, 11) is 0. The van der Waals surface area contributed by atoms with Crippen molar-refractivity contribution >= 4 is 39.0 Å². The molecule has 0 fully saturated rings. The Bertz CT molecular complexity index is 280. The van der Waals surface area contributed by atoms with Gasteiger partial charge in [0.25, 0.3) is 0 Å². The fourth-order valence-electron chi connectivity index (χ4n) is 1.58. The van der Waals surface area contributed by atoms with Crippen molar-refractivity contribution in [3.63, 3.8) is 0 Å². The molecule has 1 aromatic rings. The van der Waals surface area contributed by atoms with Crippen LogP contribution in [0, 0.1) is 0 Å². The molecule has 1 heterocycles. The van der Waals surface area contributed by atoms with E-state index in [1.165, 1.54) is 27.9 Å². The van der Waals surface area contributed by atoms with E-state index in [4.69, 9.17) is 0 Å². The van der Waals surface area contributed by atoms with Crippen molar-refractivity contribution in [1.82, 2.24) is 5.32 Å². The van der Waals surface area contributed by atoms with E-state index in [0.29, 0.717) is 6.04 Å². The lowest BCUT2D eigenvalue weighted by Gasteiger charge is -2.17. The van der Waals surface area contributed by atoms with Gasteiger partial charge in [0.1, 0.15) is 0 Å². The standard InChI is InChI=1S/C12H20BrNS2/c1-3-6-14-10(4-7-15-2)9-12-11(13)5-8-16-12/h5,8,10,14H,3-4,6-7,9H2,1-2H3. The Morgan fingerprint density at radius 3 is 2.94 bits per heavy atom. The van der Waals surface area contributed by atoms with Crippen LogP contribution in [0.1, 0.15) is 24.6 Å². The summed E-state index contributed by atoms with van der Waals surface area (Å²) in [5.74, 6) is 1.24. The Kier molecular flexibility index (Phi) is 7.79. The van der Waals surface area contributed by atoms with Gasteiger partial charge >= 0.3 is 0 Å². The molecule has 16 heavy (non-hydrogen) atoms. The van der Waals surface area contributed by atoms with Crippen LogP contribution in [0.2, 0.25) is 0 Å². The summed E-state index contributed by atoms with van der Waals surface area (Å²) in [6.07, 6.45) is 5.80. The molecule has 0 aromatic carbocycles. The number of hydrogen-bond donors (Lipinski definition) is 1. The first-order valence-electron chi connectivity index (χ1n) is 5.72. The van der Waals surface area contributed by atoms with Crippen LogP contribution < -0.4 is 5.32 Å². The smallest absolute Gasteiger partial charge is 0.0314 e. The van der Waals surface area contributed by atoms with Gasteiger partial charge in [-0.15, -0.1) is 11.3 Å². The van der Waals surface area contributed by atoms with Crippen LogP contribution in [0.5, 0.6) is 0 Å². The number of rotatable bonds is 8. The van der Waals surface area contributed by atoms with E-state index in [1.54, 1.807) is 0 Å². The number of hydrogen-bond acceptors (Lipinski definition) is 3. The average Bonchev–Trinajstić information content (AvgIpc) is 2.68. The average molecular weight is 322 g/mol. The highest BCUT2D eigenvalue weighted by molar-refractivity contribution is 9.10. The number of thioether (sulfide) groups is 1. The molecule has 0 saturated heterocycles. The van der Waals surface area contributed by atoms with Crippen molar-refractivity contribution in [2.24, 2.45) is 0 Å². The molecule has 0 aliphatic carbocycles. The second-order valence-corrected chi connectivity index (χ2v) is 6.67. The highest BCUT2D eigenvalue weighted by Crippen LogP contribution is 2.24. The first-order valence-corrected chi connectivity index (χ1v) is 8.78. The molecule has 0 saturated carbocycles. The van der Waals surface area contributed by atoms with E-state index in [2.05, 4.69) is 45.9 Å². The van der Waals surface area contributed by atoms with Gasteiger partial charge in [-0.1, -0.05) is 6.92 Å². The van der Waals surface area contributed by atoms with E-state index in [0.717, 1.165) is 13.0 Å². The molecule has 1 rings (SSSR count). The molecular formula is C12H20BrNS2. The van der Waals surface area contributed by atoms with E-state index >= 15 is 0 Å². The van der Waals surface area contributed by atoms with Crippen LogP contribution >= 0.6 is 39.0 Å². The molecule has 4 heteroatoms. The third kappa shape index (κ3) is 5.21. The summed E-state index contributed by atoms with van der Waals surface area (Å²) >= 11 is 7.39. The lowest BCUT2D eigenvalue weighted by atomic mass is 10.1. The van der Waals surface area contributed by atoms with E-state index in [-0.39, 0.29) is 0 Å². The minimum Gasteiger partial charge on any atom is -0.314 e. The summed E-state index contributed by atoms with van der Waals surface area (Å²) in [6, 6.07) is 2.77. The molecule has 1 aromatic heterocycles. The molecule has 0 spiro atoms. The summed E-state index contributed by atoms with van der Waals surface area (Å²) in [6.45, 7) is 3.35. The van der Waals surface area contributed by atoms with Crippen molar-refractivity contribution in [3.05, 3.63) is 20.8 Å². The maximum Gasteiger partial charge on any atom is 0.0314 e. The first kappa shape index (κ1) is 14.6. The van der Waals surface area contributed by atoms with Crippen molar-refractivity contribution in [2.75, 3.05) is 18.6 Å². The summed E-state index contributed by atoms with van der Waals surface area (Å²) in [5, 5.41) is 5.80. The molecule has 0 aliphatic rings. The number of halogens is 1. The monoisotopic (exact) mass is 321 g/mol. The van der Waals surface area contributed by atoms with Crippen LogP contribution in [0.4, 0.5) is 0 Å². The molecule has 0 aliphatic heterocycles. The first-order chi connectivity index (χ1) is 7.77. The topological polar surface area (TPSA) is 12.0 Å². The second-order valence-electron chi connectivity index (χ2n) is 3.83. The fourth-order valence-corrected chi connectivity index (χ4v) is 3.70. The zero-order valence-corrected chi connectivity index (χ0v) is 13.2. The van der Waals surface area contributed by atoms with Gasteiger partial charge in [0.05, 0.1) is 0 Å². The van der Waals surface area contributed by atoms with Crippen molar-refractivity contribution in [3.8, 4) is 0 Å². The number of nitrogens with one attached hydrogen (secondary N) is 1. The van der Waals surface area contributed by atoms with Crippen LogP contribution in [0.15, 0.2) is 15.9 Å². The molecular weight excluding hydrogens is 302 g/mol. The molecule has 0 radical (unpaired) electrons. The minimum atomic E-state index is 0.627. The lowest BCUT2D eigenvalue weighted by Crippen LogP contribution is -2.32. The minimum absolute atomic E-state index is 0.627. The predicted octanol–water partition coefficient (Wildman–Crippen LogP) is 4.17. The van der Waals surface area contributed by atoms with Gasteiger partial charge in [0, 0.05) is 15.4 Å². The Morgan fingerprint density at radius 1 is 1.56 bits per heavy atom. The highest BCUT2D eigenvalue weighted by atomic mass is 79.9. The van der Waals surface area contributed by atoms with Crippen LogP contribution in [0.25, 0.3) is 0 Å². The zero-order valence-electron chi connectivity index (χ0n) is 9.96. The van der Waals surface area contributed by atoms with Crippen LogP contribution in [0.3, 0.4) is 0 Å². The van der Waals surface area contributed by atoms with Crippen molar-refractivity contribution < 1.29 is 0 Å². The Labute approximate surface area is 116 Å². The van der Waals surface area contributed by atoms with E-state index < -0.39 is 0 Å². The van der Waals surface area contributed by atoms with Gasteiger partial charge in [-0.25, -0.2) is 0 Å². The third-order valence-electron chi connectivity index (χ3n) is 2.48. The Morgan fingerprint density at radius 2 is 2.38 bits per heavy atom. The van der Waals surface area contributed by atoms with E-state index in [1.807, 2.05) is 23.1 Å². The van der Waals surface area contributed by atoms with Crippen LogP contribution in [-0.2, 0) is 6.42 Å². The van der Waals surface area contributed by atoms with Gasteiger partial charge in [0.15, 0.2) is 0 Å². The summed E-state index contributed by atoms with van der Waals surface area (Å²) < 4.78 is 1.27. The third-order valence-corrected chi connectivity index (χ3v) is 5.07. The quantitative estimate of drug-likeness (QED) is 0.771. The Balaban J connectivity index is 2.45. The molecule has 0 amide bonds. The molecule has 1 N–H and O–H groups in total. The maximum absolute atomic E-state index is 3.64. The highest BCUT2D eigenvalue weighted by Gasteiger charge is 2.11. The number of thiophene rings is 1. The zero-order chi connectivity index (χ0) is 11.8. The van der Waals surface area contributed by atoms with Gasteiger partial charge in [-0.05, 0) is 65.2 Å². The SMILES string of the molecule is CCCNC(CCSC)Cc1sccc1Br. The molecule has 92 valence electrons. The fraction of sp³-hybridized carbons (Fsp3) is 0.667.